The topological polar surface area (TPSA) is 12.0 Å². The molecule has 0 aliphatic rings. The molecule has 0 radical (unpaired) electrons. The van der Waals surface area contributed by atoms with Crippen LogP contribution in [0.2, 0.25) is 31.2 Å². The Morgan fingerprint density at radius 3 is 1.69 bits per heavy atom. The molecule has 1 N–H and O–H groups in total. The highest BCUT2D eigenvalue weighted by Crippen LogP contribution is 2.34. The fourth-order valence-electron chi connectivity index (χ4n) is 1.04. The van der Waals surface area contributed by atoms with Crippen molar-refractivity contribution in [3.8, 4) is 0 Å². The monoisotopic (exact) mass is 215 g/mol. The summed E-state index contributed by atoms with van der Waals surface area (Å²) in [6.07, 6.45) is 0. The average Bonchev–Trinajstić information content (AvgIpc) is 1.83. The number of nitrogens with one attached hydrogen (secondary N) is 1. The zero-order chi connectivity index (χ0) is 10.9. The molecule has 0 amide bonds. The molecule has 0 aromatic heterocycles. The maximum Gasteiger partial charge on any atom is 0.137 e. The van der Waals surface area contributed by atoms with Gasteiger partial charge in [0.15, 0.2) is 0 Å². The van der Waals surface area contributed by atoms with E-state index in [-0.39, 0.29) is 0 Å². The third-order valence-corrected chi connectivity index (χ3v) is 12.9. The second kappa shape index (κ2) is 3.71. The molecule has 0 aromatic carbocycles. The molecule has 3 heteroatoms. The zero-order valence-electron chi connectivity index (χ0n) is 10.3. The SMILES string of the molecule is C=C[Si](C)(C)N[Si](C)(C)C(C)(C)C. The summed E-state index contributed by atoms with van der Waals surface area (Å²) in [4.78, 5) is 0. The summed E-state index contributed by atoms with van der Waals surface area (Å²) >= 11 is 0. The summed E-state index contributed by atoms with van der Waals surface area (Å²) in [5, 5.41) is 0.417. The van der Waals surface area contributed by atoms with E-state index in [1.807, 2.05) is 0 Å². The molecule has 78 valence electrons. The Hall–Kier alpha value is 0.134. The molecular formula is C10H25NSi2. The fraction of sp³-hybridized carbons (Fsp3) is 0.800. The quantitative estimate of drug-likeness (QED) is 0.711. The highest BCUT2D eigenvalue weighted by Gasteiger charge is 2.38. The molecule has 0 aliphatic heterocycles. The summed E-state index contributed by atoms with van der Waals surface area (Å²) in [6.45, 7) is 20.4. The van der Waals surface area contributed by atoms with Crippen molar-refractivity contribution in [1.29, 1.82) is 0 Å². The summed E-state index contributed by atoms with van der Waals surface area (Å²) in [6, 6.07) is 0. The smallest absolute Gasteiger partial charge is 0.137 e. The van der Waals surface area contributed by atoms with Crippen LogP contribution in [0.3, 0.4) is 0 Å². The predicted molar refractivity (Wildman–Crippen MR) is 68.0 cm³/mol. The van der Waals surface area contributed by atoms with E-state index in [1.54, 1.807) is 0 Å². The maximum atomic E-state index is 3.92. The van der Waals surface area contributed by atoms with Crippen LogP contribution in [0.25, 0.3) is 0 Å². The van der Waals surface area contributed by atoms with Crippen molar-refractivity contribution in [2.75, 3.05) is 0 Å². The lowest BCUT2D eigenvalue weighted by atomic mass is 10.2. The van der Waals surface area contributed by atoms with Crippen LogP contribution in [0.4, 0.5) is 0 Å². The molecular weight excluding hydrogens is 190 g/mol. The van der Waals surface area contributed by atoms with E-state index in [0.29, 0.717) is 5.04 Å². The van der Waals surface area contributed by atoms with E-state index < -0.39 is 16.5 Å². The van der Waals surface area contributed by atoms with Crippen molar-refractivity contribution in [3.05, 3.63) is 12.3 Å². The van der Waals surface area contributed by atoms with Crippen LogP contribution >= 0.6 is 0 Å². The van der Waals surface area contributed by atoms with Gasteiger partial charge in [-0.1, -0.05) is 52.7 Å². The van der Waals surface area contributed by atoms with Crippen LogP contribution in [0, 0.1) is 0 Å². The maximum absolute atomic E-state index is 3.92. The molecule has 0 saturated heterocycles. The minimum atomic E-state index is -1.35. The minimum Gasteiger partial charge on any atom is -0.356 e. The Kier molecular flexibility index (Phi) is 3.75. The van der Waals surface area contributed by atoms with E-state index >= 15 is 0 Å². The van der Waals surface area contributed by atoms with Crippen molar-refractivity contribution < 1.29 is 0 Å². The zero-order valence-corrected chi connectivity index (χ0v) is 12.3. The summed E-state index contributed by atoms with van der Waals surface area (Å²) in [5.74, 6) is 0. The highest BCUT2D eigenvalue weighted by atomic mass is 28.4. The number of hydrogen-bond donors (Lipinski definition) is 1. The fourth-order valence-corrected chi connectivity index (χ4v) is 9.40. The van der Waals surface area contributed by atoms with E-state index in [9.17, 15) is 0 Å². The van der Waals surface area contributed by atoms with Gasteiger partial charge in [0.2, 0.25) is 0 Å². The first kappa shape index (κ1) is 13.1. The van der Waals surface area contributed by atoms with Gasteiger partial charge in [0, 0.05) is 0 Å². The predicted octanol–water partition coefficient (Wildman–Crippen LogP) is 3.51. The van der Waals surface area contributed by atoms with Gasteiger partial charge in [-0.25, -0.2) is 0 Å². The highest BCUT2D eigenvalue weighted by molar-refractivity contribution is 6.94. The van der Waals surface area contributed by atoms with Crippen LogP contribution in [0.5, 0.6) is 0 Å². The Balaban J connectivity index is 4.61. The van der Waals surface area contributed by atoms with Crippen molar-refractivity contribution >= 4 is 16.5 Å². The lowest BCUT2D eigenvalue weighted by Gasteiger charge is -2.42. The molecule has 0 rings (SSSR count). The van der Waals surface area contributed by atoms with Crippen LogP contribution < -0.4 is 4.65 Å². The lowest BCUT2D eigenvalue weighted by Crippen LogP contribution is -2.62. The summed E-state index contributed by atoms with van der Waals surface area (Å²) < 4.78 is 3.88. The number of rotatable bonds is 3. The molecule has 0 heterocycles. The third kappa shape index (κ3) is 3.79. The van der Waals surface area contributed by atoms with Crippen LogP contribution in [0.1, 0.15) is 20.8 Å². The molecule has 0 saturated carbocycles. The molecule has 0 unspecified atom stereocenters. The molecule has 0 bridgehead atoms. The molecule has 1 nitrogen and oxygen atoms in total. The standard InChI is InChI=1S/C10H25NSi2/c1-9-12(5,6)11-13(7,8)10(2,3)4/h9,11H,1H2,2-8H3. The van der Waals surface area contributed by atoms with E-state index in [1.165, 1.54) is 0 Å². The lowest BCUT2D eigenvalue weighted by molar-refractivity contribution is 0.710. The first-order valence-electron chi connectivity index (χ1n) is 4.95. The van der Waals surface area contributed by atoms with Crippen molar-refractivity contribution in [1.82, 2.24) is 4.65 Å². The van der Waals surface area contributed by atoms with Crippen LogP contribution in [0.15, 0.2) is 12.3 Å². The molecule has 0 aliphatic carbocycles. The van der Waals surface area contributed by atoms with Gasteiger partial charge in [0.25, 0.3) is 0 Å². The van der Waals surface area contributed by atoms with Gasteiger partial charge in [0.05, 0.1) is 0 Å². The largest absolute Gasteiger partial charge is 0.356 e. The second-order valence-corrected chi connectivity index (χ2v) is 15.5. The third-order valence-electron chi connectivity index (χ3n) is 3.02. The Labute approximate surface area is 85.8 Å². The van der Waals surface area contributed by atoms with Gasteiger partial charge in [-0.05, 0) is 5.04 Å². The van der Waals surface area contributed by atoms with Gasteiger partial charge in [-0.3, -0.25) is 0 Å². The van der Waals surface area contributed by atoms with Crippen LogP contribution in [-0.4, -0.2) is 16.5 Å². The van der Waals surface area contributed by atoms with E-state index in [0.717, 1.165) is 0 Å². The van der Waals surface area contributed by atoms with Crippen LogP contribution in [-0.2, 0) is 0 Å². The van der Waals surface area contributed by atoms with Crippen molar-refractivity contribution in [2.24, 2.45) is 0 Å². The van der Waals surface area contributed by atoms with Gasteiger partial charge < -0.3 is 4.65 Å². The second-order valence-electron chi connectivity index (χ2n) is 5.93. The number of hydrogen-bond acceptors (Lipinski definition) is 1. The Morgan fingerprint density at radius 2 is 1.46 bits per heavy atom. The van der Waals surface area contributed by atoms with Gasteiger partial charge in [0.1, 0.15) is 16.5 Å². The molecule has 0 atom stereocenters. The van der Waals surface area contributed by atoms with Crippen molar-refractivity contribution in [3.63, 3.8) is 0 Å². The molecule has 0 spiro atoms. The summed E-state index contributed by atoms with van der Waals surface area (Å²) in [7, 11) is -2.67. The van der Waals surface area contributed by atoms with Gasteiger partial charge in [-0.2, -0.15) is 0 Å². The Bertz CT molecular complexity index is 190. The average molecular weight is 215 g/mol. The molecule has 13 heavy (non-hydrogen) atoms. The minimum absolute atomic E-state index is 0.417. The van der Waals surface area contributed by atoms with Gasteiger partial charge in [-0.15, -0.1) is 6.58 Å². The Morgan fingerprint density at radius 1 is 1.08 bits per heavy atom. The van der Waals surface area contributed by atoms with Gasteiger partial charge >= 0.3 is 0 Å². The molecule has 0 fully saturated rings. The molecule has 0 aromatic rings. The van der Waals surface area contributed by atoms with Crippen molar-refractivity contribution in [2.45, 2.75) is 52.0 Å². The van der Waals surface area contributed by atoms with E-state index in [4.69, 9.17) is 0 Å². The first-order chi connectivity index (χ1) is 5.52. The normalized spacial score (nSPS) is 14.4. The first-order valence-corrected chi connectivity index (χ1v) is 11.0. The van der Waals surface area contributed by atoms with E-state index in [2.05, 4.69) is 63.9 Å². The summed E-state index contributed by atoms with van der Waals surface area (Å²) in [5.41, 5.74) is 2.13.